The van der Waals surface area contributed by atoms with Gasteiger partial charge in [0.15, 0.2) is 0 Å². The molecule has 0 unspecified atom stereocenters. The van der Waals surface area contributed by atoms with E-state index >= 15 is 0 Å². The summed E-state index contributed by atoms with van der Waals surface area (Å²) in [5.74, 6) is -1.68. The Labute approximate surface area is 375 Å². The summed E-state index contributed by atoms with van der Waals surface area (Å²) in [6, 6.07) is 7.68. The predicted octanol–water partition coefficient (Wildman–Crippen LogP) is 2.89. The van der Waals surface area contributed by atoms with E-state index in [-0.39, 0.29) is 59.9 Å². The van der Waals surface area contributed by atoms with Gasteiger partial charge in [-0.3, -0.25) is 44.3 Å². The van der Waals surface area contributed by atoms with Crippen molar-refractivity contribution in [3.8, 4) is 11.5 Å². The number of nitrogens with two attached hydrogens (primary N) is 3. The molecule has 0 aliphatic heterocycles. The molecule has 344 valence electrons. The Morgan fingerprint density at radius 2 is 1.46 bits per heavy atom. The maximum absolute atomic E-state index is 13.8. The minimum absolute atomic E-state index is 0.0573. The topological polar surface area (TPSA) is 287 Å². The monoisotopic (exact) mass is 892 g/mol. The van der Waals surface area contributed by atoms with Crippen LogP contribution in [0.1, 0.15) is 64.6 Å². The van der Waals surface area contributed by atoms with Gasteiger partial charge in [-0.2, -0.15) is 5.10 Å². The lowest BCUT2D eigenvalue weighted by Gasteiger charge is -2.15. The van der Waals surface area contributed by atoms with E-state index in [2.05, 4.69) is 31.0 Å². The summed E-state index contributed by atoms with van der Waals surface area (Å²) in [7, 11) is 1.44. The lowest BCUT2D eigenvalue weighted by Crippen LogP contribution is -2.31. The van der Waals surface area contributed by atoms with Gasteiger partial charge in [-0.1, -0.05) is 25.2 Å². The Hall–Kier alpha value is -7.81. The molecule has 21 nitrogen and oxygen atoms in total. The van der Waals surface area contributed by atoms with Crippen molar-refractivity contribution in [3.05, 3.63) is 88.9 Å². The highest BCUT2D eigenvalue weighted by molar-refractivity contribution is 6.47. The average Bonchev–Trinajstić information content (AvgIpc) is 3.95. The molecule has 0 radical (unpaired) electrons. The first-order valence-corrected chi connectivity index (χ1v) is 20.9. The molecule has 21 heteroatoms. The molecule has 0 aliphatic rings. The normalized spacial score (nSPS) is 12.1. The third kappa shape index (κ3) is 12.0. The van der Waals surface area contributed by atoms with Crippen molar-refractivity contribution in [2.75, 3.05) is 57.1 Å². The van der Waals surface area contributed by atoms with Crippen LogP contribution in [0.3, 0.4) is 0 Å². The van der Waals surface area contributed by atoms with Crippen molar-refractivity contribution >= 4 is 69.7 Å². The standard InChI is InChI=1S/C44H56N14O7/c1-7-48-14-18-55(26-59)15-12-13-19-65-36-25-30(40(47)61)23-32-38(36)57(44(51-32)53-42(63)34-21-28(5)54-58(34)9-3)17-11-10-16-56-37-31(22-29(39(46)60)24-35(37)64-6)50-43(56)52-41(62)33(49-8-2)20-27(4)45/h10-13,20-26,48H,7-9,14-19,45H2,1-6H3,(H2,46,60)(H2,47,61)(H,50,52,62)(H,51,53,63)/b11-10+,13-12+,27-20-,49-33?. The fourth-order valence-electron chi connectivity index (χ4n) is 6.79. The van der Waals surface area contributed by atoms with Crippen LogP contribution in [-0.2, 0) is 29.2 Å². The van der Waals surface area contributed by atoms with E-state index in [0.717, 1.165) is 13.0 Å². The summed E-state index contributed by atoms with van der Waals surface area (Å²) in [5, 5.41) is 13.3. The van der Waals surface area contributed by atoms with E-state index in [0.29, 0.717) is 71.9 Å². The molecular weight excluding hydrogens is 837 g/mol. The van der Waals surface area contributed by atoms with Crippen molar-refractivity contribution in [3.63, 3.8) is 0 Å². The van der Waals surface area contributed by atoms with Gasteiger partial charge >= 0.3 is 0 Å². The first-order chi connectivity index (χ1) is 31.2. The van der Waals surface area contributed by atoms with Gasteiger partial charge in [0.25, 0.3) is 11.8 Å². The van der Waals surface area contributed by atoms with Crippen LogP contribution in [0, 0.1) is 6.92 Å². The molecular formula is C44H56N14O7. The zero-order valence-electron chi connectivity index (χ0n) is 37.4. The smallest absolute Gasteiger partial charge is 0.276 e. The van der Waals surface area contributed by atoms with Crippen LogP contribution in [0.4, 0.5) is 11.9 Å². The molecule has 0 spiro atoms. The number of methoxy groups -OCH3 is 1. The van der Waals surface area contributed by atoms with Crippen LogP contribution in [0.15, 0.2) is 71.4 Å². The fraction of sp³-hybridized carbons (Fsp3) is 0.341. The number of allylic oxidation sites excluding steroid dienone is 3. The number of primary amides is 2. The minimum Gasteiger partial charge on any atom is -0.494 e. The number of carbonyl (C=O) groups excluding carboxylic acids is 5. The largest absolute Gasteiger partial charge is 0.494 e. The number of hydrogen-bond donors (Lipinski definition) is 6. The van der Waals surface area contributed by atoms with Crippen LogP contribution in [0.5, 0.6) is 11.5 Å². The van der Waals surface area contributed by atoms with Crippen molar-refractivity contribution in [2.45, 2.75) is 54.3 Å². The van der Waals surface area contributed by atoms with E-state index in [1.807, 2.05) is 13.8 Å². The number of aryl methyl sites for hydroxylation is 2. The maximum atomic E-state index is 13.8. The van der Waals surface area contributed by atoms with Gasteiger partial charge in [0.1, 0.15) is 40.5 Å². The first kappa shape index (κ1) is 48.2. The summed E-state index contributed by atoms with van der Waals surface area (Å²) in [4.78, 5) is 79.0. The van der Waals surface area contributed by atoms with Crippen LogP contribution in [0.2, 0.25) is 0 Å². The summed E-state index contributed by atoms with van der Waals surface area (Å²) in [6.07, 6.45) is 9.38. The molecule has 0 fully saturated rings. The Bertz CT molecular complexity index is 2680. The summed E-state index contributed by atoms with van der Waals surface area (Å²) < 4.78 is 16.9. The van der Waals surface area contributed by atoms with E-state index in [1.54, 1.807) is 69.9 Å². The number of benzene rings is 2. The zero-order valence-corrected chi connectivity index (χ0v) is 37.4. The van der Waals surface area contributed by atoms with Gasteiger partial charge in [0, 0.05) is 62.6 Å². The molecule has 0 aliphatic carbocycles. The number of aliphatic imine (C=N–C) groups is 1. The van der Waals surface area contributed by atoms with Gasteiger partial charge in [0.2, 0.25) is 30.1 Å². The quantitative estimate of drug-likeness (QED) is 0.0226. The minimum atomic E-state index is -0.715. The molecule has 0 bridgehead atoms. The molecule has 9 N–H and O–H groups in total. The van der Waals surface area contributed by atoms with Gasteiger partial charge in [-0.15, -0.1) is 0 Å². The lowest BCUT2D eigenvalue weighted by molar-refractivity contribution is -0.117. The van der Waals surface area contributed by atoms with Crippen LogP contribution >= 0.6 is 0 Å². The number of likely N-dealkylation sites (N-methyl/N-ethyl adjacent to an activating group) is 1. The SMILES string of the molecule is CCN=C(/C=C(/C)N)C(=O)Nc1nc2cc(C(N)=O)cc(OC)c2n1C/C=C/Cn1c(NC(=O)c2cc(C)nn2CC)nc2cc(C(N)=O)cc(OC/C=C/CN(C=O)CCNCC)c21. The van der Waals surface area contributed by atoms with E-state index < -0.39 is 23.6 Å². The van der Waals surface area contributed by atoms with Crippen molar-refractivity contribution in [1.82, 2.24) is 39.1 Å². The van der Waals surface area contributed by atoms with Crippen molar-refractivity contribution < 1.29 is 33.4 Å². The van der Waals surface area contributed by atoms with Gasteiger partial charge in [-0.05, 0) is 76.7 Å². The van der Waals surface area contributed by atoms with Gasteiger partial charge in [-0.25, -0.2) is 9.97 Å². The molecule has 5 amide bonds. The molecule has 0 saturated heterocycles. The first-order valence-electron chi connectivity index (χ1n) is 20.9. The Balaban J connectivity index is 1.56. The lowest BCUT2D eigenvalue weighted by atomic mass is 10.1. The number of amides is 5. The molecule has 2 aromatic carbocycles. The van der Waals surface area contributed by atoms with Crippen LogP contribution in [0.25, 0.3) is 22.1 Å². The van der Waals surface area contributed by atoms with E-state index in [1.165, 1.54) is 37.5 Å². The second-order valence-corrected chi connectivity index (χ2v) is 14.6. The highest BCUT2D eigenvalue weighted by Gasteiger charge is 2.23. The highest BCUT2D eigenvalue weighted by Crippen LogP contribution is 2.33. The second kappa shape index (κ2) is 22.5. The number of rotatable bonds is 24. The fourth-order valence-corrected chi connectivity index (χ4v) is 6.79. The number of hydrogen-bond acceptors (Lipinski definition) is 13. The number of carbonyl (C=O) groups is 5. The van der Waals surface area contributed by atoms with E-state index in [9.17, 15) is 24.0 Å². The number of fused-ring (bicyclic) bond motifs is 2. The Morgan fingerprint density at radius 1 is 0.846 bits per heavy atom. The molecule has 0 atom stereocenters. The zero-order chi connectivity index (χ0) is 47.2. The molecule has 0 saturated carbocycles. The van der Waals surface area contributed by atoms with Crippen molar-refractivity contribution in [2.24, 2.45) is 22.2 Å². The molecule has 5 rings (SSSR count). The Morgan fingerprint density at radius 3 is 2.02 bits per heavy atom. The van der Waals surface area contributed by atoms with Gasteiger partial charge in [0.05, 0.1) is 23.8 Å². The number of nitrogens with one attached hydrogen (secondary N) is 3. The van der Waals surface area contributed by atoms with E-state index in [4.69, 9.17) is 31.7 Å². The third-order valence-corrected chi connectivity index (χ3v) is 9.77. The summed E-state index contributed by atoms with van der Waals surface area (Å²) >= 11 is 0. The highest BCUT2D eigenvalue weighted by atomic mass is 16.5. The summed E-state index contributed by atoms with van der Waals surface area (Å²) in [5.41, 5.74) is 20.5. The maximum Gasteiger partial charge on any atom is 0.276 e. The average molecular weight is 893 g/mol. The van der Waals surface area contributed by atoms with Crippen molar-refractivity contribution in [1.29, 1.82) is 0 Å². The third-order valence-electron chi connectivity index (χ3n) is 9.77. The number of ether oxygens (including phenoxy) is 2. The van der Waals surface area contributed by atoms with Gasteiger partial charge < -0.3 is 46.0 Å². The Kier molecular flexibility index (Phi) is 16.7. The number of aromatic nitrogens is 6. The predicted molar refractivity (Wildman–Crippen MR) is 248 cm³/mol. The number of nitrogens with zero attached hydrogens (tertiary/aromatic N) is 8. The molecule has 5 aromatic rings. The van der Waals surface area contributed by atoms with Crippen LogP contribution < -0.4 is 42.6 Å². The second-order valence-electron chi connectivity index (χ2n) is 14.6. The molecule has 3 heterocycles. The van der Waals surface area contributed by atoms with Crippen LogP contribution in [-0.4, -0.2) is 116 Å². The molecule has 65 heavy (non-hydrogen) atoms. The number of anilines is 2. The number of imidazole rings is 2. The molecule has 3 aromatic heterocycles. The summed E-state index contributed by atoms with van der Waals surface area (Å²) in [6.45, 7) is 12.4.